The number of nitrogens with one attached hydrogen (secondary N) is 1. The predicted molar refractivity (Wildman–Crippen MR) is 97.2 cm³/mol. The van der Waals surface area contributed by atoms with Crippen molar-refractivity contribution in [2.75, 3.05) is 19.6 Å². The van der Waals surface area contributed by atoms with Crippen molar-refractivity contribution in [2.45, 2.75) is 32.7 Å². The van der Waals surface area contributed by atoms with E-state index in [0.29, 0.717) is 18.3 Å². The van der Waals surface area contributed by atoms with Gasteiger partial charge in [-0.05, 0) is 50.2 Å². The molecule has 1 aliphatic rings. The van der Waals surface area contributed by atoms with Crippen LogP contribution in [0.4, 0.5) is 0 Å². The van der Waals surface area contributed by atoms with E-state index in [1.807, 2.05) is 16.8 Å². The summed E-state index contributed by atoms with van der Waals surface area (Å²) in [5.74, 6) is 0.763. The summed E-state index contributed by atoms with van der Waals surface area (Å²) < 4.78 is 0. The number of piperidine rings is 1. The lowest BCUT2D eigenvalue weighted by Gasteiger charge is -2.34. The molecule has 1 N–H and O–H groups in total. The van der Waals surface area contributed by atoms with Crippen LogP contribution in [0, 0.1) is 5.92 Å². The van der Waals surface area contributed by atoms with Crippen LogP contribution in [0.5, 0.6) is 0 Å². The standard InChI is InChI=1S/C17H23N3OS2/c1-12-3-6-20(7-4-12)13(2)9-18-16(21)15-11-23-17(19-15)14-5-8-22-10-14/h5,8,10-13H,3-4,6-7,9H2,1-2H3,(H,18,21). The van der Waals surface area contributed by atoms with E-state index >= 15 is 0 Å². The molecule has 1 atom stereocenters. The third-order valence-electron chi connectivity index (χ3n) is 4.50. The minimum atomic E-state index is -0.0695. The molecule has 6 heteroatoms. The maximum absolute atomic E-state index is 12.3. The van der Waals surface area contributed by atoms with E-state index in [2.05, 4.69) is 34.4 Å². The average molecular weight is 350 g/mol. The number of thiophene rings is 1. The van der Waals surface area contributed by atoms with E-state index in [9.17, 15) is 4.79 Å². The first-order chi connectivity index (χ1) is 11.1. The lowest BCUT2D eigenvalue weighted by molar-refractivity contribution is 0.0917. The van der Waals surface area contributed by atoms with Gasteiger partial charge in [-0.15, -0.1) is 11.3 Å². The highest BCUT2D eigenvalue weighted by atomic mass is 32.1. The molecule has 23 heavy (non-hydrogen) atoms. The highest BCUT2D eigenvalue weighted by molar-refractivity contribution is 7.14. The highest BCUT2D eigenvalue weighted by Crippen LogP contribution is 2.25. The van der Waals surface area contributed by atoms with Crippen molar-refractivity contribution in [3.63, 3.8) is 0 Å². The van der Waals surface area contributed by atoms with Gasteiger partial charge < -0.3 is 5.32 Å². The smallest absolute Gasteiger partial charge is 0.270 e. The highest BCUT2D eigenvalue weighted by Gasteiger charge is 2.21. The molecular weight excluding hydrogens is 326 g/mol. The SMILES string of the molecule is CC1CCN(C(C)CNC(=O)c2csc(-c3ccsc3)n2)CC1. The molecule has 124 valence electrons. The van der Waals surface area contributed by atoms with Gasteiger partial charge >= 0.3 is 0 Å². The van der Waals surface area contributed by atoms with Crippen molar-refractivity contribution in [3.05, 3.63) is 27.9 Å². The summed E-state index contributed by atoms with van der Waals surface area (Å²) >= 11 is 3.17. The van der Waals surface area contributed by atoms with Crippen LogP contribution >= 0.6 is 22.7 Å². The topological polar surface area (TPSA) is 45.2 Å². The molecular formula is C17H23N3OS2. The zero-order valence-corrected chi connectivity index (χ0v) is 15.3. The number of amides is 1. The van der Waals surface area contributed by atoms with Gasteiger partial charge in [0.05, 0.1) is 0 Å². The Hall–Kier alpha value is -1.24. The number of rotatable bonds is 5. The number of likely N-dealkylation sites (tertiary alicyclic amines) is 1. The summed E-state index contributed by atoms with van der Waals surface area (Å²) in [6.45, 7) is 7.46. The molecule has 0 aromatic carbocycles. The van der Waals surface area contributed by atoms with E-state index in [4.69, 9.17) is 0 Å². The molecule has 3 rings (SSSR count). The molecule has 1 saturated heterocycles. The minimum Gasteiger partial charge on any atom is -0.349 e. The summed E-state index contributed by atoms with van der Waals surface area (Å²) in [7, 11) is 0. The fourth-order valence-corrected chi connectivity index (χ4v) is 4.34. The quantitative estimate of drug-likeness (QED) is 0.895. The maximum Gasteiger partial charge on any atom is 0.270 e. The van der Waals surface area contributed by atoms with Gasteiger partial charge in [-0.25, -0.2) is 4.98 Å². The Balaban J connectivity index is 1.51. The molecule has 2 aromatic rings. The molecule has 3 heterocycles. The van der Waals surface area contributed by atoms with Crippen molar-refractivity contribution in [1.82, 2.24) is 15.2 Å². The van der Waals surface area contributed by atoms with Crippen molar-refractivity contribution in [1.29, 1.82) is 0 Å². The van der Waals surface area contributed by atoms with Crippen LogP contribution in [0.1, 0.15) is 37.2 Å². The van der Waals surface area contributed by atoms with Gasteiger partial charge in [-0.2, -0.15) is 11.3 Å². The minimum absolute atomic E-state index is 0.0695. The lowest BCUT2D eigenvalue weighted by Crippen LogP contribution is -2.45. The zero-order valence-electron chi connectivity index (χ0n) is 13.6. The lowest BCUT2D eigenvalue weighted by atomic mass is 9.98. The molecule has 0 aliphatic carbocycles. The zero-order chi connectivity index (χ0) is 16.2. The second-order valence-electron chi connectivity index (χ2n) is 6.33. The summed E-state index contributed by atoms with van der Waals surface area (Å²) in [4.78, 5) is 19.2. The van der Waals surface area contributed by atoms with Gasteiger partial charge in [0, 0.05) is 28.9 Å². The molecule has 0 saturated carbocycles. The van der Waals surface area contributed by atoms with Crippen molar-refractivity contribution < 1.29 is 4.79 Å². The van der Waals surface area contributed by atoms with Crippen LogP contribution in [0.3, 0.4) is 0 Å². The first kappa shape index (κ1) is 16.6. The van der Waals surface area contributed by atoms with Gasteiger partial charge in [0.15, 0.2) is 0 Å². The van der Waals surface area contributed by atoms with Crippen molar-refractivity contribution in [3.8, 4) is 10.6 Å². The molecule has 1 unspecified atom stereocenters. The van der Waals surface area contributed by atoms with Crippen molar-refractivity contribution in [2.24, 2.45) is 5.92 Å². The molecule has 1 fully saturated rings. The average Bonchev–Trinajstić information content (AvgIpc) is 3.23. The molecule has 2 aromatic heterocycles. The third-order valence-corrected chi connectivity index (χ3v) is 6.08. The Morgan fingerprint density at radius 3 is 2.91 bits per heavy atom. The Labute approximate surface area is 145 Å². The van der Waals surface area contributed by atoms with Crippen LogP contribution in [0.2, 0.25) is 0 Å². The molecule has 0 bridgehead atoms. The summed E-state index contributed by atoms with van der Waals surface area (Å²) in [5.41, 5.74) is 1.62. The Morgan fingerprint density at radius 1 is 1.43 bits per heavy atom. The molecule has 1 amide bonds. The van der Waals surface area contributed by atoms with Crippen LogP contribution in [0.15, 0.2) is 22.2 Å². The predicted octanol–water partition coefficient (Wildman–Crippen LogP) is 3.72. The van der Waals surface area contributed by atoms with Gasteiger partial charge in [0.2, 0.25) is 0 Å². The van der Waals surface area contributed by atoms with E-state index in [0.717, 1.165) is 29.6 Å². The number of nitrogens with zero attached hydrogens (tertiary/aromatic N) is 2. The van der Waals surface area contributed by atoms with E-state index in [1.54, 1.807) is 11.3 Å². The van der Waals surface area contributed by atoms with Crippen molar-refractivity contribution >= 4 is 28.6 Å². The first-order valence-corrected chi connectivity index (χ1v) is 9.96. The monoisotopic (exact) mass is 349 g/mol. The number of hydrogen-bond donors (Lipinski definition) is 1. The van der Waals surface area contributed by atoms with Gasteiger partial charge in [0.1, 0.15) is 10.7 Å². The fraction of sp³-hybridized carbons (Fsp3) is 0.529. The molecule has 4 nitrogen and oxygen atoms in total. The molecule has 0 spiro atoms. The van der Waals surface area contributed by atoms with Gasteiger partial charge in [-0.1, -0.05) is 6.92 Å². The largest absolute Gasteiger partial charge is 0.349 e. The normalized spacial score (nSPS) is 18.0. The van der Waals surface area contributed by atoms with E-state index < -0.39 is 0 Å². The summed E-state index contributed by atoms with van der Waals surface area (Å²) in [6, 6.07) is 2.41. The van der Waals surface area contributed by atoms with E-state index in [1.165, 1.54) is 24.2 Å². The second kappa shape index (κ2) is 7.55. The summed E-state index contributed by atoms with van der Waals surface area (Å²) in [6.07, 6.45) is 2.52. The number of aromatic nitrogens is 1. The Bertz CT molecular complexity index is 630. The first-order valence-electron chi connectivity index (χ1n) is 8.14. The summed E-state index contributed by atoms with van der Waals surface area (Å²) in [5, 5.41) is 9.87. The number of carbonyl (C=O) groups is 1. The number of carbonyl (C=O) groups excluding carboxylic acids is 1. The number of hydrogen-bond acceptors (Lipinski definition) is 5. The van der Waals surface area contributed by atoms with Crippen LogP contribution in [-0.4, -0.2) is 41.5 Å². The van der Waals surface area contributed by atoms with Gasteiger partial charge in [-0.3, -0.25) is 9.69 Å². The van der Waals surface area contributed by atoms with Crippen LogP contribution < -0.4 is 5.32 Å². The molecule has 0 radical (unpaired) electrons. The van der Waals surface area contributed by atoms with E-state index in [-0.39, 0.29) is 5.91 Å². The third kappa shape index (κ3) is 4.19. The Kier molecular flexibility index (Phi) is 5.46. The van der Waals surface area contributed by atoms with Gasteiger partial charge in [0.25, 0.3) is 5.91 Å². The Morgan fingerprint density at radius 2 is 2.22 bits per heavy atom. The second-order valence-corrected chi connectivity index (χ2v) is 7.97. The number of thiazole rings is 1. The van der Waals surface area contributed by atoms with Crippen LogP contribution in [-0.2, 0) is 0 Å². The molecule has 1 aliphatic heterocycles. The van der Waals surface area contributed by atoms with Crippen LogP contribution in [0.25, 0.3) is 10.6 Å². The fourth-order valence-electron chi connectivity index (χ4n) is 2.83. The maximum atomic E-state index is 12.3.